The molecule has 0 atom stereocenters. The summed E-state index contributed by atoms with van der Waals surface area (Å²) in [5.74, 6) is -0.156. The fraction of sp³-hybridized carbons (Fsp3) is 0.474. The van der Waals surface area contributed by atoms with Crippen LogP contribution in [-0.2, 0) is 14.4 Å². The number of hydrogen-bond acceptors (Lipinski definition) is 7. The number of imide groups is 1. The van der Waals surface area contributed by atoms with Crippen LogP contribution in [0.25, 0.3) is 10.2 Å². The summed E-state index contributed by atoms with van der Waals surface area (Å²) >= 11 is 1.39. The number of methoxy groups -OCH3 is 1. The molecular weight excluding hydrogens is 380 g/mol. The first-order chi connectivity index (χ1) is 13.4. The van der Waals surface area contributed by atoms with Crippen LogP contribution in [0.4, 0.5) is 5.13 Å². The van der Waals surface area contributed by atoms with E-state index in [1.54, 1.807) is 12.0 Å². The summed E-state index contributed by atoms with van der Waals surface area (Å²) in [7, 11) is 5.54. The molecule has 3 rings (SSSR count). The second-order valence-electron chi connectivity index (χ2n) is 6.91. The smallest absolute Gasteiger partial charge is 0.248 e. The van der Waals surface area contributed by atoms with Crippen molar-refractivity contribution in [2.75, 3.05) is 45.7 Å². The standard InChI is InChI=1S/C19H24N4O4S/c1-21(2)9-4-10-22(18(26)12-23-16(24)7-8-17(23)25)19-20-14-6-5-13(27-3)11-15(14)28-19/h5-6,11H,4,7-10,12H2,1-3H3. The molecule has 3 amide bonds. The Kier molecular flexibility index (Phi) is 6.25. The van der Waals surface area contributed by atoms with Gasteiger partial charge in [-0.1, -0.05) is 11.3 Å². The van der Waals surface area contributed by atoms with Crippen LogP contribution in [-0.4, -0.2) is 73.3 Å². The van der Waals surface area contributed by atoms with Crippen molar-refractivity contribution in [1.82, 2.24) is 14.8 Å². The lowest BCUT2D eigenvalue weighted by Gasteiger charge is -2.23. The van der Waals surface area contributed by atoms with Crippen molar-refractivity contribution in [2.45, 2.75) is 19.3 Å². The lowest BCUT2D eigenvalue weighted by molar-refractivity contribution is -0.141. The highest BCUT2D eigenvalue weighted by atomic mass is 32.1. The Morgan fingerprint density at radius 3 is 2.57 bits per heavy atom. The number of fused-ring (bicyclic) bond motifs is 1. The molecule has 0 spiro atoms. The van der Waals surface area contributed by atoms with E-state index in [0.29, 0.717) is 11.7 Å². The van der Waals surface area contributed by atoms with Gasteiger partial charge in [-0.2, -0.15) is 0 Å². The van der Waals surface area contributed by atoms with Gasteiger partial charge in [0.1, 0.15) is 12.3 Å². The van der Waals surface area contributed by atoms with Crippen LogP contribution in [0.2, 0.25) is 0 Å². The van der Waals surface area contributed by atoms with E-state index in [2.05, 4.69) is 4.98 Å². The van der Waals surface area contributed by atoms with Gasteiger partial charge < -0.3 is 9.64 Å². The molecule has 0 aliphatic carbocycles. The van der Waals surface area contributed by atoms with E-state index in [4.69, 9.17) is 4.74 Å². The van der Waals surface area contributed by atoms with Gasteiger partial charge in [0.15, 0.2) is 5.13 Å². The zero-order chi connectivity index (χ0) is 20.3. The van der Waals surface area contributed by atoms with Gasteiger partial charge in [-0.25, -0.2) is 4.98 Å². The number of nitrogens with zero attached hydrogens (tertiary/aromatic N) is 4. The topological polar surface area (TPSA) is 83.1 Å². The summed E-state index contributed by atoms with van der Waals surface area (Å²) in [5, 5.41) is 0.561. The number of carbonyl (C=O) groups is 3. The molecule has 1 aromatic carbocycles. The molecule has 0 saturated carbocycles. The average molecular weight is 404 g/mol. The van der Waals surface area contributed by atoms with Crippen LogP contribution in [0.3, 0.4) is 0 Å². The Morgan fingerprint density at radius 2 is 1.93 bits per heavy atom. The molecule has 1 aliphatic heterocycles. The first kappa shape index (κ1) is 20.2. The van der Waals surface area contributed by atoms with Crippen LogP contribution in [0.1, 0.15) is 19.3 Å². The maximum Gasteiger partial charge on any atom is 0.248 e. The number of benzene rings is 1. The van der Waals surface area contributed by atoms with E-state index in [0.717, 1.165) is 33.8 Å². The minimum absolute atomic E-state index is 0.174. The number of aromatic nitrogens is 1. The summed E-state index contributed by atoms with van der Waals surface area (Å²) in [4.78, 5) is 46.0. The highest BCUT2D eigenvalue weighted by molar-refractivity contribution is 7.22. The number of likely N-dealkylation sites (tertiary alicyclic amines) is 1. The summed E-state index contributed by atoms with van der Waals surface area (Å²) in [5.41, 5.74) is 0.777. The monoisotopic (exact) mass is 404 g/mol. The van der Waals surface area contributed by atoms with Gasteiger partial charge in [-0.3, -0.25) is 24.2 Å². The molecule has 1 fully saturated rings. The first-order valence-corrected chi connectivity index (χ1v) is 9.93. The van der Waals surface area contributed by atoms with Crippen LogP contribution < -0.4 is 9.64 Å². The fourth-order valence-corrected chi connectivity index (χ4v) is 4.06. The highest BCUT2D eigenvalue weighted by Gasteiger charge is 2.32. The number of amides is 3. The molecule has 0 N–H and O–H groups in total. The highest BCUT2D eigenvalue weighted by Crippen LogP contribution is 2.32. The van der Waals surface area contributed by atoms with Crippen LogP contribution in [0.5, 0.6) is 5.75 Å². The lowest BCUT2D eigenvalue weighted by Crippen LogP contribution is -2.43. The fourth-order valence-electron chi connectivity index (χ4n) is 3.03. The molecule has 1 saturated heterocycles. The summed E-state index contributed by atoms with van der Waals surface area (Å²) in [6, 6.07) is 5.56. The zero-order valence-electron chi connectivity index (χ0n) is 16.3. The second-order valence-corrected chi connectivity index (χ2v) is 7.92. The summed E-state index contributed by atoms with van der Waals surface area (Å²) in [6.07, 6.45) is 1.10. The SMILES string of the molecule is COc1ccc2nc(N(CCCN(C)C)C(=O)CN3C(=O)CCC3=O)sc2c1. The number of anilines is 1. The van der Waals surface area contributed by atoms with Crippen LogP contribution >= 0.6 is 11.3 Å². The molecule has 2 heterocycles. The van der Waals surface area contributed by atoms with Crippen molar-refractivity contribution in [3.05, 3.63) is 18.2 Å². The number of carbonyl (C=O) groups excluding carboxylic acids is 3. The van der Waals surface area contributed by atoms with Crippen molar-refractivity contribution in [1.29, 1.82) is 0 Å². The van der Waals surface area contributed by atoms with E-state index in [9.17, 15) is 14.4 Å². The Morgan fingerprint density at radius 1 is 1.21 bits per heavy atom. The van der Waals surface area contributed by atoms with Crippen molar-refractivity contribution < 1.29 is 19.1 Å². The van der Waals surface area contributed by atoms with Gasteiger partial charge in [-0.05, 0) is 45.3 Å². The molecular formula is C19H24N4O4S. The molecule has 150 valence electrons. The third-order valence-corrected chi connectivity index (χ3v) is 5.59. The van der Waals surface area contributed by atoms with Crippen molar-refractivity contribution in [3.63, 3.8) is 0 Å². The Hall–Kier alpha value is -2.52. The van der Waals surface area contributed by atoms with E-state index >= 15 is 0 Å². The van der Waals surface area contributed by atoms with Gasteiger partial charge in [0, 0.05) is 19.4 Å². The molecule has 0 bridgehead atoms. The minimum Gasteiger partial charge on any atom is -0.497 e. The summed E-state index contributed by atoms with van der Waals surface area (Å²) in [6.45, 7) is 1.03. The Labute approximate surface area is 167 Å². The van der Waals surface area contributed by atoms with Crippen molar-refractivity contribution >= 4 is 44.4 Å². The predicted octanol–water partition coefficient (Wildman–Crippen LogP) is 1.74. The third-order valence-electron chi connectivity index (χ3n) is 4.55. The van der Waals surface area contributed by atoms with Gasteiger partial charge in [0.2, 0.25) is 17.7 Å². The first-order valence-electron chi connectivity index (χ1n) is 9.12. The number of ether oxygens (including phenoxy) is 1. The van der Waals surface area contributed by atoms with E-state index in [1.807, 2.05) is 37.2 Å². The van der Waals surface area contributed by atoms with Gasteiger partial charge in [0.05, 0.1) is 17.3 Å². The average Bonchev–Trinajstić information content (AvgIpc) is 3.22. The van der Waals surface area contributed by atoms with Crippen molar-refractivity contribution in [3.8, 4) is 5.75 Å². The predicted molar refractivity (Wildman–Crippen MR) is 108 cm³/mol. The van der Waals surface area contributed by atoms with Crippen molar-refractivity contribution in [2.24, 2.45) is 0 Å². The molecule has 2 aromatic rings. The lowest BCUT2D eigenvalue weighted by atomic mass is 10.3. The quantitative estimate of drug-likeness (QED) is 0.623. The van der Waals surface area contributed by atoms with Crippen LogP contribution in [0.15, 0.2) is 18.2 Å². The maximum atomic E-state index is 13.0. The minimum atomic E-state index is -0.298. The molecule has 1 aliphatic rings. The maximum absolute atomic E-state index is 13.0. The Balaban J connectivity index is 1.84. The van der Waals surface area contributed by atoms with Crippen LogP contribution in [0, 0.1) is 0 Å². The largest absolute Gasteiger partial charge is 0.497 e. The molecule has 28 heavy (non-hydrogen) atoms. The van der Waals surface area contributed by atoms with E-state index in [1.165, 1.54) is 11.3 Å². The number of hydrogen-bond donors (Lipinski definition) is 0. The Bertz CT molecular complexity index is 879. The van der Waals surface area contributed by atoms with Gasteiger partial charge in [0.25, 0.3) is 0 Å². The normalized spacial score (nSPS) is 14.4. The van der Waals surface area contributed by atoms with Gasteiger partial charge >= 0.3 is 0 Å². The summed E-state index contributed by atoms with van der Waals surface area (Å²) < 4.78 is 6.16. The van der Waals surface area contributed by atoms with Gasteiger partial charge in [-0.15, -0.1) is 0 Å². The molecule has 1 aromatic heterocycles. The zero-order valence-corrected chi connectivity index (χ0v) is 17.1. The molecule has 0 unspecified atom stereocenters. The van der Waals surface area contributed by atoms with E-state index in [-0.39, 0.29) is 37.1 Å². The second kappa shape index (κ2) is 8.66. The molecule has 0 radical (unpaired) electrons. The van der Waals surface area contributed by atoms with E-state index < -0.39 is 0 Å². The molecule has 9 heteroatoms. The molecule has 8 nitrogen and oxygen atoms in total. The number of rotatable bonds is 8. The number of thiazole rings is 1. The third kappa shape index (κ3) is 4.48.